The van der Waals surface area contributed by atoms with E-state index in [0.29, 0.717) is 23.5 Å². The van der Waals surface area contributed by atoms with Gasteiger partial charge in [0.15, 0.2) is 0 Å². The molecular weight excluding hydrogens is 328 g/mol. The summed E-state index contributed by atoms with van der Waals surface area (Å²) in [6.07, 6.45) is 3.25. The quantitative estimate of drug-likeness (QED) is 0.761. The summed E-state index contributed by atoms with van der Waals surface area (Å²) in [7, 11) is 0. The highest BCUT2D eigenvalue weighted by Crippen LogP contribution is 2.31. The molecule has 1 aromatic heterocycles. The molecular formula is C21H18N2O3. The van der Waals surface area contributed by atoms with Gasteiger partial charge in [0.1, 0.15) is 11.5 Å². The van der Waals surface area contributed by atoms with Crippen molar-refractivity contribution in [3.8, 4) is 11.5 Å². The van der Waals surface area contributed by atoms with Crippen molar-refractivity contribution in [2.24, 2.45) is 0 Å². The van der Waals surface area contributed by atoms with Crippen LogP contribution >= 0.6 is 0 Å². The van der Waals surface area contributed by atoms with Crippen LogP contribution in [0.1, 0.15) is 27.5 Å². The van der Waals surface area contributed by atoms with Gasteiger partial charge in [-0.2, -0.15) is 0 Å². The molecule has 0 saturated heterocycles. The van der Waals surface area contributed by atoms with Gasteiger partial charge in [-0.25, -0.2) is 0 Å². The van der Waals surface area contributed by atoms with Crippen LogP contribution in [-0.2, 0) is 6.42 Å². The van der Waals surface area contributed by atoms with Gasteiger partial charge in [0.05, 0.1) is 18.3 Å². The molecule has 0 aliphatic heterocycles. The fourth-order valence-corrected chi connectivity index (χ4v) is 3.19. The Morgan fingerprint density at radius 1 is 1.04 bits per heavy atom. The molecule has 0 radical (unpaired) electrons. The number of carbonyl (C=O) groups is 1. The highest BCUT2D eigenvalue weighted by Gasteiger charge is 2.31. The Balaban J connectivity index is 1.45. The lowest BCUT2D eigenvalue weighted by Crippen LogP contribution is -2.33. The molecule has 26 heavy (non-hydrogen) atoms. The van der Waals surface area contributed by atoms with Crippen LogP contribution in [0.5, 0.6) is 11.5 Å². The van der Waals surface area contributed by atoms with E-state index < -0.39 is 6.10 Å². The van der Waals surface area contributed by atoms with E-state index in [2.05, 4.69) is 10.3 Å². The zero-order valence-corrected chi connectivity index (χ0v) is 14.0. The lowest BCUT2D eigenvalue weighted by atomic mass is 10.1. The van der Waals surface area contributed by atoms with Crippen molar-refractivity contribution in [1.82, 2.24) is 10.3 Å². The number of rotatable bonds is 4. The van der Waals surface area contributed by atoms with Crippen molar-refractivity contribution in [3.05, 3.63) is 89.7 Å². The summed E-state index contributed by atoms with van der Waals surface area (Å²) in [6, 6.07) is 17.9. The Kier molecular flexibility index (Phi) is 4.37. The molecule has 4 rings (SSSR count). The molecule has 0 spiro atoms. The summed E-state index contributed by atoms with van der Waals surface area (Å²) in [5.74, 6) is 1.04. The van der Waals surface area contributed by atoms with Crippen molar-refractivity contribution in [2.75, 3.05) is 0 Å². The molecule has 5 nitrogen and oxygen atoms in total. The zero-order chi connectivity index (χ0) is 17.9. The number of nitrogens with one attached hydrogen (secondary N) is 1. The number of ether oxygens (including phenoxy) is 1. The SMILES string of the molecule is O=C(N[C@H]1c2ccccc2C[C@H]1O)c1ccc(Oc2cccnc2)cc1. The van der Waals surface area contributed by atoms with Gasteiger partial charge in [-0.15, -0.1) is 0 Å². The van der Waals surface area contributed by atoms with Crippen molar-refractivity contribution in [2.45, 2.75) is 18.6 Å². The van der Waals surface area contributed by atoms with E-state index in [1.54, 1.807) is 42.7 Å². The van der Waals surface area contributed by atoms with Crippen LogP contribution < -0.4 is 10.1 Å². The number of pyridine rings is 1. The summed E-state index contributed by atoms with van der Waals surface area (Å²) in [5.41, 5.74) is 2.57. The number of benzene rings is 2. The Bertz CT molecular complexity index is 910. The number of aromatic nitrogens is 1. The maximum atomic E-state index is 12.6. The molecule has 2 N–H and O–H groups in total. The van der Waals surface area contributed by atoms with Gasteiger partial charge in [-0.05, 0) is 47.5 Å². The second-order valence-corrected chi connectivity index (χ2v) is 6.24. The average Bonchev–Trinajstić information content (AvgIpc) is 2.98. The molecule has 5 heteroatoms. The molecule has 1 heterocycles. The van der Waals surface area contributed by atoms with E-state index in [1.807, 2.05) is 30.3 Å². The molecule has 0 bridgehead atoms. The third kappa shape index (κ3) is 3.30. The smallest absolute Gasteiger partial charge is 0.251 e. The summed E-state index contributed by atoms with van der Waals surface area (Å²) in [5, 5.41) is 13.2. The summed E-state index contributed by atoms with van der Waals surface area (Å²) >= 11 is 0. The number of hydrogen-bond donors (Lipinski definition) is 2. The minimum atomic E-state index is -0.607. The van der Waals surface area contributed by atoms with E-state index in [-0.39, 0.29) is 11.9 Å². The van der Waals surface area contributed by atoms with Gasteiger partial charge in [-0.1, -0.05) is 24.3 Å². The van der Waals surface area contributed by atoms with Crippen LogP contribution in [0.25, 0.3) is 0 Å². The largest absolute Gasteiger partial charge is 0.456 e. The van der Waals surface area contributed by atoms with Gasteiger partial charge in [0.25, 0.3) is 5.91 Å². The van der Waals surface area contributed by atoms with E-state index in [9.17, 15) is 9.90 Å². The van der Waals surface area contributed by atoms with Crippen LogP contribution in [0, 0.1) is 0 Å². The Labute approximate surface area is 151 Å². The third-order valence-electron chi connectivity index (χ3n) is 4.48. The number of aliphatic hydroxyl groups excluding tert-OH is 1. The van der Waals surface area contributed by atoms with Gasteiger partial charge in [0.2, 0.25) is 0 Å². The second kappa shape index (κ2) is 6.98. The van der Waals surface area contributed by atoms with Crippen LogP contribution in [0.4, 0.5) is 0 Å². The molecule has 2 aromatic carbocycles. The molecule has 130 valence electrons. The van der Waals surface area contributed by atoms with E-state index >= 15 is 0 Å². The van der Waals surface area contributed by atoms with Crippen molar-refractivity contribution < 1.29 is 14.6 Å². The highest BCUT2D eigenvalue weighted by molar-refractivity contribution is 5.94. The first kappa shape index (κ1) is 16.3. The number of nitrogens with zero attached hydrogens (tertiary/aromatic N) is 1. The van der Waals surface area contributed by atoms with Gasteiger partial charge in [0, 0.05) is 18.2 Å². The molecule has 2 atom stereocenters. The predicted molar refractivity (Wildman–Crippen MR) is 97.1 cm³/mol. The molecule has 1 aliphatic carbocycles. The molecule has 0 fully saturated rings. The lowest BCUT2D eigenvalue weighted by Gasteiger charge is -2.18. The second-order valence-electron chi connectivity index (χ2n) is 6.24. The monoisotopic (exact) mass is 346 g/mol. The molecule has 0 saturated carbocycles. The Hall–Kier alpha value is -3.18. The Morgan fingerprint density at radius 2 is 1.85 bits per heavy atom. The number of fused-ring (bicyclic) bond motifs is 1. The predicted octanol–water partition coefficient (Wildman–Crippen LogP) is 3.26. The van der Waals surface area contributed by atoms with Crippen LogP contribution in [-0.4, -0.2) is 22.1 Å². The maximum absolute atomic E-state index is 12.6. The van der Waals surface area contributed by atoms with Crippen molar-refractivity contribution in [3.63, 3.8) is 0 Å². The summed E-state index contributed by atoms with van der Waals surface area (Å²) in [6.45, 7) is 0. The van der Waals surface area contributed by atoms with E-state index in [0.717, 1.165) is 11.1 Å². The highest BCUT2D eigenvalue weighted by atomic mass is 16.5. The van der Waals surface area contributed by atoms with Crippen LogP contribution in [0.15, 0.2) is 73.1 Å². The van der Waals surface area contributed by atoms with Crippen molar-refractivity contribution in [1.29, 1.82) is 0 Å². The number of carbonyl (C=O) groups excluding carboxylic acids is 1. The standard InChI is InChI=1S/C21H18N2O3/c24-19-12-15-4-1-2-6-18(15)20(19)23-21(25)14-7-9-16(10-8-14)26-17-5-3-11-22-13-17/h1-11,13,19-20,24H,12H2,(H,23,25)/t19-,20+/m1/s1. The van der Waals surface area contributed by atoms with Gasteiger partial charge >= 0.3 is 0 Å². The first-order chi connectivity index (χ1) is 12.7. The normalized spacial score (nSPS) is 18.2. The summed E-state index contributed by atoms with van der Waals surface area (Å²) < 4.78 is 5.68. The van der Waals surface area contributed by atoms with Crippen LogP contribution in [0.2, 0.25) is 0 Å². The number of hydrogen-bond acceptors (Lipinski definition) is 4. The van der Waals surface area contributed by atoms with Gasteiger partial charge < -0.3 is 15.2 Å². The number of aliphatic hydroxyl groups is 1. The van der Waals surface area contributed by atoms with Crippen molar-refractivity contribution >= 4 is 5.91 Å². The molecule has 3 aromatic rings. The average molecular weight is 346 g/mol. The first-order valence-electron chi connectivity index (χ1n) is 8.45. The minimum absolute atomic E-state index is 0.223. The lowest BCUT2D eigenvalue weighted by molar-refractivity contribution is 0.0858. The van der Waals surface area contributed by atoms with E-state index in [4.69, 9.17) is 4.74 Å². The van der Waals surface area contributed by atoms with Crippen LogP contribution in [0.3, 0.4) is 0 Å². The zero-order valence-electron chi connectivity index (χ0n) is 14.0. The molecule has 1 amide bonds. The first-order valence-corrected chi connectivity index (χ1v) is 8.45. The minimum Gasteiger partial charge on any atom is -0.456 e. The molecule has 1 aliphatic rings. The fraction of sp³-hybridized carbons (Fsp3) is 0.143. The summed E-state index contributed by atoms with van der Waals surface area (Å²) in [4.78, 5) is 16.5. The maximum Gasteiger partial charge on any atom is 0.251 e. The third-order valence-corrected chi connectivity index (χ3v) is 4.48. The fourth-order valence-electron chi connectivity index (χ4n) is 3.19. The number of amides is 1. The van der Waals surface area contributed by atoms with E-state index in [1.165, 1.54) is 0 Å². The Morgan fingerprint density at radius 3 is 2.62 bits per heavy atom. The van der Waals surface area contributed by atoms with Gasteiger partial charge in [-0.3, -0.25) is 9.78 Å². The molecule has 0 unspecified atom stereocenters. The topological polar surface area (TPSA) is 71.5 Å².